The van der Waals surface area contributed by atoms with Gasteiger partial charge >= 0.3 is 6.18 Å². The molecule has 2 rings (SSSR count). The summed E-state index contributed by atoms with van der Waals surface area (Å²) in [6.45, 7) is 1.29. The number of rotatable bonds is 6. The van der Waals surface area contributed by atoms with Crippen molar-refractivity contribution < 1.29 is 13.2 Å². The van der Waals surface area contributed by atoms with E-state index < -0.39 is 12.7 Å². The Morgan fingerprint density at radius 1 is 1.14 bits per heavy atom. The Bertz CT molecular complexity index is 568. The molecule has 21 heavy (non-hydrogen) atoms. The van der Waals surface area contributed by atoms with Crippen LogP contribution in [0, 0.1) is 0 Å². The summed E-state index contributed by atoms with van der Waals surface area (Å²) in [7, 11) is 0. The van der Waals surface area contributed by atoms with Crippen molar-refractivity contribution in [2.75, 3.05) is 23.7 Å². The van der Waals surface area contributed by atoms with Crippen LogP contribution in [0.5, 0.6) is 0 Å². The molecule has 0 aliphatic carbocycles. The molecule has 2 heterocycles. The number of anilines is 2. The van der Waals surface area contributed by atoms with Crippen molar-refractivity contribution in [2.45, 2.75) is 19.5 Å². The van der Waals surface area contributed by atoms with Gasteiger partial charge in [0.1, 0.15) is 19.2 Å². The van der Waals surface area contributed by atoms with Gasteiger partial charge < -0.3 is 10.6 Å². The van der Waals surface area contributed by atoms with E-state index in [1.54, 1.807) is 0 Å². The van der Waals surface area contributed by atoms with Crippen molar-refractivity contribution in [3.05, 3.63) is 12.7 Å². The van der Waals surface area contributed by atoms with Gasteiger partial charge in [-0.15, -0.1) is 0 Å². The topological polar surface area (TPSA) is 93.4 Å². The predicted molar refractivity (Wildman–Crippen MR) is 68.1 cm³/mol. The monoisotopic (exact) mass is 302 g/mol. The molecule has 0 saturated carbocycles. The van der Waals surface area contributed by atoms with E-state index in [9.17, 15) is 13.2 Å². The molecule has 2 aromatic rings. The van der Waals surface area contributed by atoms with Crippen LogP contribution < -0.4 is 10.6 Å². The Kier molecular flexibility index (Phi) is 4.50. The Labute approximate surface area is 117 Å². The molecule has 8 nitrogen and oxygen atoms in total. The summed E-state index contributed by atoms with van der Waals surface area (Å²) in [5.74, 6) is 0.0548. The fourth-order valence-electron chi connectivity index (χ4n) is 1.35. The first kappa shape index (κ1) is 14.9. The molecule has 0 atom stereocenters. The van der Waals surface area contributed by atoms with Crippen LogP contribution in [-0.4, -0.2) is 49.0 Å². The van der Waals surface area contributed by atoms with E-state index in [1.807, 2.05) is 6.92 Å². The molecule has 0 unspecified atom stereocenters. The van der Waals surface area contributed by atoms with E-state index in [0.717, 1.165) is 6.42 Å². The first-order chi connectivity index (χ1) is 9.98. The van der Waals surface area contributed by atoms with Crippen molar-refractivity contribution in [3.63, 3.8) is 0 Å². The van der Waals surface area contributed by atoms with Gasteiger partial charge in [-0.1, -0.05) is 6.92 Å². The smallest absolute Gasteiger partial charge is 0.354 e. The quantitative estimate of drug-likeness (QED) is 0.829. The number of nitrogens with zero attached hydrogens (tertiary/aromatic N) is 6. The minimum atomic E-state index is -4.36. The number of hydrogen-bond donors (Lipinski definition) is 2. The molecule has 0 radical (unpaired) electrons. The molecule has 11 heteroatoms. The standard InChI is InChI=1S/C10H13F3N8/c1-2-3-15-7-18-8(16-4-10(11,12)13)20-9(19-7)21-6-14-5-17-21/h5-6H,2-4H2,1H3,(H2,15,16,18,19,20). The lowest BCUT2D eigenvalue weighted by Crippen LogP contribution is -2.23. The maximum absolute atomic E-state index is 12.2. The zero-order valence-electron chi connectivity index (χ0n) is 11.1. The Hall–Kier alpha value is -2.46. The van der Waals surface area contributed by atoms with Gasteiger partial charge in [0.15, 0.2) is 0 Å². The predicted octanol–water partition coefficient (Wildman–Crippen LogP) is 1.25. The lowest BCUT2D eigenvalue weighted by atomic mass is 10.5. The summed E-state index contributed by atoms with van der Waals surface area (Å²) in [5.41, 5.74) is 0. The highest BCUT2D eigenvalue weighted by Crippen LogP contribution is 2.15. The third-order valence-corrected chi connectivity index (χ3v) is 2.23. The van der Waals surface area contributed by atoms with Crippen LogP contribution in [0.4, 0.5) is 25.1 Å². The molecular weight excluding hydrogens is 289 g/mol. The molecule has 0 bridgehead atoms. The van der Waals surface area contributed by atoms with Crippen LogP contribution in [-0.2, 0) is 0 Å². The average molecular weight is 302 g/mol. The van der Waals surface area contributed by atoms with Crippen LogP contribution in [0.3, 0.4) is 0 Å². The van der Waals surface area contributed by atoms with Crippen molar-refractivity contribution in [3.8, 4) is 5.95 Å². The van der Waals surface area contributed by atoms with E-state index in [0.29, 0.717) is 6.54 Å². The first-order valence-corrected chi connectivity index (χ1v) is 6.13. The van der Waals surface area contributed by atoms with Gasteiger partial charge in [-0.05, 0) is 6.42 Å². The van der Waals surface area contributed by atoms with E-state index >= 15 is 0 Å². The van der Waals surface area contributed by atoms with Gasteiger partial charge in [0.05, 0.1) is 0 Å². The second kappa shape index (κ2) is 6.33. The van der Waals surface area contributed by atoms with Gasteiger partial charge in [-0.3, -0.25) is 0 Å². The highest BCUT2D eigenvalue weighted by atomic mass is 19.4. The van der Waals surface area contributed by atoms with E-state index in [4.69, 9.17) is 0 Å². The van der Waals surface area contributed by atoms with Crippen LogP contribution >= 0.6 is 0 Å². The highest BCUT2D eigenvalue weighted by Gasteiger charge is 2.27. The minimum absolute atomic E-state index is 0.0748. The fraction of sp³-hybridized carbons (Fsp3) is 0.500. The molecule has 0 saturated heterocycles. The van der Waals surface area contributed by atoms with E-state index in [1.165, 1.54) is 17.3 Å². The van der Waals surface area contributed by atoms with Gasteiger partial charge in [0, 0.05) is 6.54 Å². The van der Waals surface area contributed by atoms with Crippen molar-refractivity contribution in [2.24, 2.45) is 0 Å². The van der Waals surface area contributed by atoms with Crippen LogP contribution in [0.25, 0.3) is 5.95 Å². The average Bonchev–Trinajstić information content (AvgIpc) is 2.96. The first-order valence-electron chi connectivity index (χ1n) is 6.13. The number of alkyl halides is 3. The minimum Gasteiger partial charge on any atom is -0.354 e. The van der Waals surface area contributed by atoms with Crippen LogP contribution in [0.15, 0.2) is 12.7 Å². The maximum atomic E-state index is 12.2. The summed E-state index contributed by atoms with van der Waals surface area (Å²) in [6.07, 6.45) is -0.940. The Morgan fingerprint density at radius 3 is 2.43 bits per heavy atom. The molecule has 0 aromatic carbocycles. The highest BCUT2D eigenvalue weighted by molar-refractivity contribution is 5.37. The third kappa shape index (κ3) is 4.54. The largest absolute Gasteiger partial charge is 0.405 e. The van der Waals surface area contributed by atoms with Crippen molar-refractivity contribution in [1.29, 1.82) is 0 Å². The van der Waals surface area contributed by atoms with Crippen molar-refractivity contribution >= 4 is 11.9 Å². The second-order valence-corrected chi connectivity index (χ2v) is 4.02. The summed E-state index contributed by atoms with van der Waals surface area (Å²) in [5, 5.41) is 8.84. The number of halogens is 3. The summed E-state index contributed by atoms with van der Waals surface area (Å²) in [4.78, 5) is 15.6. The summed E-state index contributed by atoms with van der Waals surface area (Å²) in [6, 6.07) is 0. The molecule has 2 N–H and O–H groups in total. The molecule has 0 aliphatic heterocycles. The van der Waals surface area contributed by atoms with Crippen LogP contribution in [0.1, 0.15) is 13.3 Å². The zero-order chi connectivity index (χ0) is 15.3. The Morgan fingerprint density at radius 2 is 1.86 bits per heavy atom. The second-order valence-electron chi connectivity index (χ2n) is 4.02. The molecule has 0 fully saturated rings. The van der Waals surface area contributed by atoms with E-state index in [-0.39, 0.29) is 17.8 Å². The molecule has 114 valence electrons. The number of nitrogens with one attached hydrogen (secondary N) is 2. The lowest BCUT2D eigenvalue weighted by molar-refractivity contribution is -0.115. The van der Waals surface area contributed by atoms with Crippen LogP contribution in [0.2, 0.25) is 0 Å². The molecule has 0 spiro atoms. The van der Waals surface area contributed by atoms with Gasteiger partial charge in [0.25, 0.3) is 5.95 Å². The molecule has 0 amide bonds. The maximum Gasteiger partial charge on any atom is 0.405 e. The van der Waals surface area contributed by atoms with Crippen molar-refractivity contribution in [1.82, 2.24) is 29.7 Å². The number of hydrogen-bond acceptors (Lipinski definition) is 7. The SMILES string of the molecule is CCCNc1nc(NCC(F)(F)F)nc(-n2cncn2)n1. The Balaban J connectivity index is 2.24. The normalized spacial score (nSPS) is 11.4. The zero-order valence-corrected chi connectivity index (χ0v) is 11.1. The van der Waals surface area contributed by atoms with Gasteiger partial charge in [-0.25, -0.2) is 4.98 Å². The summed E-state index contributed by atoms with van der Waals surface area (Å²) >= 11 is 0. The van der Waals surface area contributed by atoms with Gasteiger partial charge in [-0.2, -0.15) is 37.9 Å². The third-order valence-electron chi connectivity index (χ3n) is 2.23. The fourth-order valence-corrected chi connectivity index (χ4v) is 1.35. The molecule has 0 aliphatic rings. The number of aromatic nitrogens is 6. The summed E-state index contributed by atoms with van der Waals surface area (Å²) < 4.78 is 38.0. The molecular formula is C10H13F3N8. The lowest BCUT2D eigenvalue weighted by Gasteiger charge is -2.11. The molecule has 2 aromatic heterocycles. The van der Waals surface area contributed by atoms with E-state index in [2.05, 4.69) is 35.7 Å². The van der Waals surface area contributed by atoms with Gasteiger partial charge in [0.2, 0.25) is 11.9 Å².